The zero-order valence-corrected chi connectivity index (χ0v) is 25.6. The number of halogens is 3. The SMILES string of the molecule is CN(C(=O)C(c1ccccc1)c1ccccc1)C(CN1CCC(O)C1)c1ccccc1.N#Cc1ccc(SN)cc1C(F)(F)F. The molecule has 0 spiro atoms. The van der Waals surface area contributed by atoms with E-state index in [0.717, 1.165) is 41.8 Å². The van der Waals surface area contributed by atoms with Gasteiger partial charge in [-0.3, -0.25) is 14.8 Å². The van der Waals surface area contributed by atoms with Gasteiger partial charge in [-0.2, -0.15) is 18.4 Å². The van der Waals surface area contributed by atoms with E-state index in [-0.39, 0.29) is 28.9 Å². The Kier molecular flexibility index (Phi) is 11.8. The number of carbonyl (C=O) groups is 1. The number of aliphatic hydroxyl groups is 1. The van der Waals surface area contributed by atoms with Crippen molar-refractivity contribution in [2.24, 2.45) is 5.14 Å². The lowest BCUT2D eigenvalue weighted by Gasteiger charge is -2.34. The molecule has 0 radical (unpaired) electrons. The third kappa shape index (κ3) is 8.96. The minimum Gasteiger partial charge on any atom is -0.392 e. The van der Waals surface area contributed by atoms with Crippen molar-refractivity contribution in [1.82, 2.24) is 9.80 Å². The molecular weight excluding hydrogens is 597 g/mol. The quantitative estimate of drug-likeness (QED) is 0.212. The van der Waals surface area contributed by atoms with Gasteiger partial charge in [-0.05, 0) is 53.3 Å². The number of nitrogens with two attached hydrogens (primary N) is 1. The average molecular weight is 633 g/mol. The lowest BCUT2D eigenvalue weighted by atomic mass is 9.89. The predicted molar refractivity (Wildman–Crippen MR) is 170 cm³/mol. The summed E-state index contributed by atoms with van der Waals surface area (Å²) in [5.41, 5.74) is 1.76. The summed E-state index contributed by atoms with van der Waals surface area (Å²) in [6, 6.07) is 34.9. The summed E-state index contributed by atoms with van der Waals surface area (Å²) in [4.78, 5) is 18.4. The number of likely N-dealkylation sites (tertiary alicyclic amines) is 1. The standard InChI is InChI=1S/C27H30N2O2.C8H5F3N2S/c1-28(25(21-11-5-2-6-12-21)20-29-18-17-24(30)19-29)27(31)26(22-13-7-3-8-14-22)23-15-9-4-10-16-23;9-8(10,11)7-3-6(14-13)2-1-5(7)4-12/h2-16,24-26,30H,17-20H2,1H3;1-3H,13H2. The van der Waals surface area contributed by atoms with Crippen molar-refractivity contribution < 1.29 is 23.1 Å². The van der Waals surface area contributed by atoms with Crippen molar-refractivity contribution >= 4 is 17.9 Å². The Morgan fingerprint density at radius 3 is 1.96 bits per heavy atom. The molecule has 2 unspecified atom stereocenters. The van der Waals surface area contributed by atoms with Gasteiger partial charge in [0.05, 0.1) is 35.3 Å². The summed E-state index contributed by atoms with van der Waals surface area (Å²) in [5, 5.41) is 23.6. The van der Waals surface area contributed by atoms with Crippen LogP contribution in [0.25, 0.3) is 0 Å². The molecule has 1 amide bonds. The number of carbonyl (C=O) groups excluding carboxylic acids is 1. The van der Waals surface area contributed by atoms with E-state index in [4.69, 9.17) is 10.4 Å². The van der Waals surface area contributed by atoms with Crippen LogP contribution in [0.2, 0.25) is 0 Å². The van der Waals surface area contributed by atoms with Gasteiger partial charge in [-0.15, -0.1) is 0 Å². The molecule has 6 nitrogen and oxygen atoms in total. The fraction of sp³-hybridized carbons (Fsp3) is 0.257. The van der Waals surface area contributed by atoms with Crippen LogP contribution in [-0.2, 0) is 11.0 Å². The van der Waals surface area contributed by atoms with Crippen LogP contribution in [0, 0.1) is 11.3 Å². The van der Waals surface area contributed by atoms with E-state index in [1.54, 1.807) is 0 Å². The highest BCUT2D eigenvalue weighted by atomic mass is 32.2. The number of aliphatic hydroxyl groups excluding tert-OH is 1. The maximum absolute atomic E-state index is 14.0. The molecular formula is C35H35F3N4O2S. The molecule has 0 bridgehead atoms. The number of hydrogen-bond donors (Lipinski definition) is 2. The van der Waals surface area contributed by atoms with Gasteiger partial charge in [0, 0.05) is 31.6 Å². The van der Waals surface area contributed by atoms with Gasteiger partial charge in [0.1, 0.15) is 0 Å². The minimum absolute atomic E-state index is 0.0750. The third-order valence-electron chi connectivity index (χ3n) is 7.74. The van der Waals surface area contributed by atoms with Gasteiger partial charge in [0.15, 0.2) is 0 Å². The molecule has 0 saturated carbocycles. The number of benzene rings is 4. The van der Waals surface area contributed by atoms with Gasteiger partial charge >= 0.3 is 6.18 Å². The van der Waals surface area contributed by atoms with E-state index in [1.807, 2.05) is 90.8 Å². The summed E-state index contributed by atoms with van der Waals surface area (Å²) in [6.45, 7) is 2.22. The van der Waals surface area contributed by atoms with Crippen molar-refractivity contribution in [3.05, 3.63) is 137 Å². The van der Waals surface area contributed by atoms with Crippen molar-refractivity contribution in [3.63, 3.8) is 0 Å². The number of hydrogen-bond acceptors (Lipinski definition) is 6. The molecule has 0 aliphatic carbocycles. The number of β-amino-alcohol motifs (C(OH)–C–C–N with tert-alkyl or cyclic N) is 1. The lowest BCUT2D eigenvalue weighted by Crippen LogP contribution is -2.41. The Morgan fingerprint density at radius 1 is 0.978 bits per heavy atom. The summed E-state index contributed by atoms with van der Waals surface area (Å²) in [5.74, 6) is -0.284. The van der Waals surface area contributed by atoms with Crippen LogP contribution in [0.3, 0.4) is 0 Å². The molecule has 3 N–H and O–H groups in total. The molecule has 4 aromatic carbocycles. The van der Waals surface area contributed by atoms with E-state index < -0.39 is 17.3 Å². The van der Waals surface area contributed by atoms with E-state index in [1.165, 1.54) is 12.1 Å². The Morgan fingerprint density at radius 2 is 1.51 bits per heavy atom. The normalized spacial score (nSPS) is 15.6. The number of alkyl halides is 3. The Bertz CT molecular complexity index is 1530. The van der Waals surface area contributed by atoms with Gasteiger partial charge in [0.2, 0.25) is 5.91 Å². The molecule has 1 fully saturated rings. The molecule has 1 heterocycles. The Labute approximate surface area is 266 Å². The fourth-order valence-corrected chi connectivity index (χ4v) is 5.74. The first-order chi connectivity index (χ1) is 21.6. The number of amides is 1. The molecule has 234 valence electrons. The molecule has 1 saturated heterocycles. The average Bonchev–Trinajstić information content (AvgIpc) is 3.48. The van der Waals surface area contributed by atoms with Crippen molar-refractivity contribution in [2.45, 2.75) is 35.6 Å². The van der Waals surface area contributed by atoms with E-state index in [0.29, 0.717) is 25.0 Å². The smallest absolute Gasteiger partial charge is 0.392 e. The molecule has 5 rings (SSSR count). The summed E-state index contributed by atoms with van der Waals surface area (Å²) in [7, 11) is 1.91. The monoisotopic (exact) mass is 632 g/mol. The first-order valence-corrected chi connectivity index (χ1v) is 15.3. The molecule has 0 aromatic heterocycles. The van der Waals surface area contributed by atoms with Gasteiger partial charge in [-0.1, -0.05) is 91.0 Å². The van der Waals surface area contributed by atoms with Crippen LogP contribution >= 0.6 is 11.9 Å². The lowest BCUT2D eigenvalue weighted by molar-refractivity contribution is -0.138. The van der Waals surface area contributed by atoms with Crippen LogP contribution in [-0.4, -0.2) is 53.6 Å². The van der Waals surface area contributed by atoms with Crippen LogP contribution in [0.15, 0.2) is 114 Å². The number of nitriles is 1. The summed E-state index contributed by atoms with van der Waals surface area (Å²) >= 11 is 0.709. The molecule has 45 heavy (non-hydrogen) atoms. The second kappa shape index (κ2) is 15.7. The fourth-order valence-electron chi connectivity index (χ4n) is 5.40. The van der Waals surface area contributed by atoms with Crippen molar-refractivity contribution in [2.75, 3.05) is 26.7 Å². The van der Waals surface area contributed by atoms with E-state index >= 15 is 0 Å². The topological polar surface area (TPSA) is 93.6 Å². The highest BCUT2D eigenvalue weighted by Crippen LogP contribution is 2.34. The number of rotatable bonds is 8. The summed E-state index contributed by atoms with van der Waals surface area (Å²) in [6.07, 6.45) is -4.01. The van der Waals surface area contributed by atoms with Gasteiger partial charge in [0.25, 0.3) is 0 Å². The highest BCUT2D eigenvalue weighted by Gasteiger charge is 2.34. The van der Waals surface area contributed by atoms with Crippen LogP contribution in [0.1, 0.15) is 46.2 Å². The summed E-state index contributed by atoms with van der Waals surface area (Å²) < 4.78 is 37.1. The van der Waals surface area contributed by atoms with E-state index in [2.05, 4.69) is 17.0 Å². The molecule has 4 aromatic rings. The molecule has 10 heteroatoms. The van der Waals surface area contributed by atoms with Gasteiger partial charge in [-0.25, -0.2) is 0 Å². The second-order valence-corrected chi connectivity index (χ2v) is 11.5. The predicted octanol–water partition coefficient (Wildman–Crippen LogP) is 6.63. The number of likely N-dealkylation sites (N-methyl/N-ethyl adjacent to an activating group) is 1. The van der Waals surface area contributed by atoms with Crippen molar-refractivity contribution in [1.29, 1.82) is 5.26 Å². The largest absolute Gasteiger partial charge is 0.417 e. The van der Waals surface area contributed by atoms with E-state index in [9.17, 15) is 23.1 Å². The van der Waals surface area contributed by atoms with Crippen LogP contribution in [0.4, 0.5) is 13.2 Å². The zero-order valence-electron chi connectivity index (χ0n) is 24.8. The molecule has 1 aliphatic heterocycles. The maximum atomic E-state index is 14.0. The Hall–Kier alpha value is -4.14. The highest BCUT2D eigenvalue weighted by molar-refractivity contribution is 7.97. The molecule has 2 atom stereocenters. The van der Waals surface area contributed by atoms with Crippen molar-refractivity contribution in [3.8, 4) is 6.07 Å². The second-order valence-electron chi connectivity index (χ2n) is 10.8. The minimum atomic E-state index is -4.52. The maximum Gasteiger partial charge on any atom is 0.417 e. The first kappa shape index (κ1) is 33.7. The van der Waals surface area contributed by atoms with Crippen LogP contribution < -0.4 is 5.14 Å². The first-order valence-electron chi connectivity index (χ1n) is 14.4. The molecule has 1 aliphatic rings. The van der Waals surface area contributed by atoms with Gasteiger partial charge < -0.3 is 10.0 Å². The van der Waals surface area contributed by atoms with Crippen LogP contribution in [0.5, 0.6) is 0 Å². The zero-order chi connectivity index (χ0) is 32.4. The third-order valence-corrected chi connectivity index (χ3v) is 8.27. The number of nitrogens with zero attached hydrogens (tertiary/aromatic N) is 3. The Balaban J connectivity index is 0.000000276.